The lowest BCUT2D eigenvalue weighted by atomic mass is 10.2. The Bertz CT molecular complexity index is 155. The molecule has 0 spiro atoms. The van der Waals surface area contributed by atoms with Crippen molar-refractivity contribution >= 4 is 0 Å². The van der Waals surface area contributed by atoms with E-state index in [-0.39, 0.29) is 0 Å². The van der Waals surface area contributed by atoms with Gasteiger partial charge in [0.2, 0.25) is 0 Å². The Morgan fingerprint density at radius 1 is 1.15 bits per heavy atom. The minimum Gasteiger partial charge on any atom is -0.370 e. The first-order chi connectivity index (χ1) is 6.20. The molecule has 0 saturated carbocycles. The zero-order valence-corrected chi connectivity index (χ0v) is 8.97. The topological polar surface area (TPSA) is 15.3 Å². The van der Waals surface area contributed by atoms with Gasteiger partial charge in [-0.05, 0) is 26.7 Å². The van der Waals surface area contributed by atoms with Gasteiger partial charge >= 0.3 is 0 Å². The summed E-state index contributed by atoms with van der Waals surface area (Å²) in [5.41, 5.74) is 0. The zero-order valence-electron chi connectivity index (χ0n) is 8.97. The number of hydrogen-bond donors (Lipinski definition) is 1. The zero-order chi connectivity index (χ0) is 9.68. The van der Waals surface area contributed by atoms with Gasteiger partial charge in [0.1, 0.15) is 0 Å². The highest BCUT2D eigenvalue weighted by Crippen LogP contribution is 2.12. The molecule has 0 aliphatic carbocycles. The highest BCUT2D eigenvalue weighted by molar-refractivity contribution is 4.92. The molecule has 1 heterocycles. The minimum atomic E-state index is 0.496. The fourth-order valence-electron chi connectivity index (χ4n) is 1.77. The number of rotatable bonds is 3. The van der Waals surface area contributed by atoms with E-state index in [9.17, 15) is 0 Å². The molecule has 2 nitrogen and oxygen atoms in total. The summed E-state index contributed by atoms with van der Waals surface area (Å²) in [6.45, 7) is 10.7. The van der Waals surface area contributed by atoms with Crippen molar-refractivity contribution in [1.82, 2.24) is 10.2 Å². The molecule has 0 aromatic rings. The molecule has 0 atom stereocenters. The normalized spacial score (nSPS) is 18.5. The number of nitrogens with zero attached hydrogens (tertiary/aromatic N) is 1. The lowest BCUT2D eigenvalue weighted by Crippen LogP contribution is -2.35. The summed E-state index contributed by atoms with van der Waals surface area (Å²) in [6.07, 6.45) is 5.40. The fraction of sp³-hybridized carbons (Fsp3) is 0.818. The fourth-order valence-corrected chi connectivity index (χ4v) is 1.77. The van der Waals surface area contributed by atoms with Gasteiger partial charge in [0.05, 0.1) is 5.82 Å². The third-order valence-corrected chi connectivity index (χ3v) is 2.44. The molecule has 0 amide bonds. The van der Waals surface area contributed by atoms with Gasteiger partial charge in [-0.1, -0.05) is 19.4 Å². The number of hydrogen-bond acceptors (Lipinski definition) is 2. The van der Waals surface area contributed by atoms with Crippen LogP contribution in [0.4, 0.5) is 0 Å². The van der Waals surface area contributed by atoms with Crippen LogP contribution in [0.1, 0.15) is 39.5 Å². The minimum absolute atomic E-state index is 0.496. The van der Waals surface area contributed by atoms with E-state index >= 15 is 0 Å². The molecule has 1 N–H and O–H groups in total. The maximum absolute atomic E-state index is 4.08. The van der Waals surface area contributed by atoms with Crippen molar-refractivity contribution in [3.05, 3.63) is 12.4 Å². The molecule has 1 aliphatic rings. The molecule has 0 bridgehead atoms. The van der Waals surface area contributed by atoms with Gasteiger partial charge in [0, 0.05) is 19.1 Å². The van der Waals surface area contributed by atoms with Crippen molar-refractivity contribution in [1.29, 1.82) is 0 Å². The molecule has 76 valence electrons. The highest BCUT2D eigenvalue weighted by Gasteiger charge is 2.10. The van der Waals surface area contributed by atoms with Crippen LogP contribution in [0.25, 0.3) is 0 Å². The van der Waals surface area contributed by atoms with Crippen LogP contribution in [0.15, 0.2) is 12.4 Å². The maximum atomic E-state index is 4.08. The maximum Gasteiger partial charge on any atom is 0.0940 e. The molecule has 2 heteroatoms. The Morgan fingerprint density at radius 2 is 1.69 bits per heavy atom. The monoisotopic (exact) mass is 182 g/mol. The van der Waals surface area contributed by atoms with Gasteiger partial charge < -0.3 is 10.2 Å². The molecule has 13 heavy (non-hydrogen) atoms. The first-order valence-electron chi connectivity index (χ1n) is 5.40. The van der Waals surface area contributed by atoms with Crippen LogP contribution in [0.3, 0.4) is 0 Å². The lowest BCUT2D eigenvalue weighted by molar-refractivity contribution is 0.325. The summed E-state index contributed by atoms with van der Waals surface area (Å²) in [4.78, 5) is 2.38. The van der Waals surface area contributed by atoms with E-state index in [1.807, 2.05) is 0 Å². The lowest BCUT2D eigenvalue weighted by Gasteiger charge is -2.27. The summed E-state index contributed by atoms with van der Waals surface area (Å²) in [5, 5.41) is 3.37. The van der Waals surface area contributed by atoms with E-state index in [0.717, 1.165) is 5.82 Å². The molecule has 0 unspecified atom stereocenters. The second-order valence-electron chi connectivity index (χ2n) is 4.15. The van der Waals surface area contributed by atoms with Gasteiger partial charge in [0.25, 0.3) is 0 Å². The Hall–Kier alpha value is -0.660. The quantitative estimate of drug-likeness (QED) is 0.720. The molecule has 0 aromatic heterocycles. The van der Waals surface area contributed by atoms with E-state index in [1.165, 1.54) is 38.8 Å². The van der Waals surface area contributed by atoms with Crippen molar-refractivity contribution < 1.29 is 0 Å². The molecule has 1 rings (SSSR count). The number of nitrogens with one attached hydrogen (secondary N) is 1. The van der Waals surface area contributed by atoms with Gasteiger partial charge in [-0.15, -0.1) is 0 Å². The van der Waals surface area contributed by atoms with E-state index < -0.39 is 0 Å². The van der Waals surface area contributed by atoms with Crippen molar-refractivity contribution in [3.63, 3.8) is 0 Å². The second-order valence-corrected chi connectivity index (χ2v) is 4.15. The van der Waals surface area contributed by atoms with Crippen LogP contribution in [0.2, 0.25) is 0 Å². The van der Waals surface area contributed by atoms with Crippen molar-refractivity contribution in [3.8, 4) is 0 Å². The standard InChI is InChI=1S/C11H22N2/c1-10(2)12-11(3)13-8-6-4-5-7-9-13/h10,12H,3-9H2,1-2H3. The molecule has 0 radical (unpaired) electrons. The van der Waals surface area contributed by atoms with Crippen molar-refractivity contribution in [2.24, 2.45) is 0 Å². The molecule has 1 aliphatic heterocycles. The van der Waals surface area contributed by atoms with Crippen molar-refractivity contribution in [2.75, 3.05) is 13.1 Å². The van der Waals surface area contributed by atoms with Crippen LogP contribution in [0.5, 0.6) is 0 Å². The van der Waals surface area contributed by atoms with Crippen LogP contribution in [0, 0.1) is 0 Å². The Morgan fingerprint density at radius 3 is 2.15 bits per heavy atom. The summed E-state index contributed by atoms with van der Waals surface area (Å²) in [5.74, 6) is 1.11. The average molecular weight is 182 g/mol. The highest BCUT2D eigenvalue weighted by atomic mass is 15.2. The summed E-state index contributed by atoms with van der Waals surface area (Å²) >= 11 is 0. The van der Waals surface area contributed by atoms with E-state index in [4.69, 9.17) is 0 Å². The third kappa shape index (κ3) is 3.71. The van der Waals surface area contributed by atoms with Gasteiger partial charge in [-0.3, -0.25) is 0 Å². The largest absolute Gasteiger partial charge is 0.370 e. The van der Waals surface area contributed by atoms with E-state index in [1.54, 1.807) is 0 Å². The molecule has 1 saturated heterocycles. The Labute approximate surface area is 82.0 Å². The molecule has 0 aromatic carbocycles. The van der Waals surface area contributed by atoms with Crippen LogP contribution in [-0.4, -0.2) is 24.0 Å². The predicted octanol–water partition coefficient (Wildman–Crippen LogP) is 2.33. The SMILES string of the molecule is C=C(NC(C)C)N1CCCCCC1. The smallest absolute Gasteiger partial charge is 0.0940 e. The summed E-state index contributed by atoms with van der Waals surface area (Å²) < 4.78 is 0. The summed E-state index contributed by atoms with van der Waals surface area (Å²) in [7, 11) is 0. The van der Waals surface area contributed by atoms with Crippen LogP contribution in [-0.2, 0) is 0 Å². The summed E-state index contributed by atoms with van der Waals surface area (Å²) in [6, 6.07) is 0.496. The van der Waals surface area contributed by atoms with Crippen LogP contribution < -0.4 is 5.32 Å². The first kappa shape index (κ1) is 10.4. The van der Waals surface area contributed by atoms with E-state index in [0.29, 0.717) is 6.04 Å². The number of likely N-dealkylation sites (tertiary alicyclic amines) is 1. The Balaban J connectivity index is 2.35. The Kier molecular flexibility index (Phi) is 4.13. The molecular formula is C11H22N2. The predicted molar refractivity (Wildman–Crippen MR) is 57.5 cm³/mol. The van der Waals surface area contributed by atoms with Gasteiger partial charge in [-0.2, -0.15) is 0 Å². The second kappa shape index (κ2) is 5.15. The van der Waals surface area contributed by atoms with Gasteiger partial charge in [0.15, 0.2) is 0 Å². The molecular weight excluding hydrogens is 160 g/mol. The molecule has 1 fully saturated rings. The van der Waals surface area contributed by atoms with Crippen molar-refractivity contribution in [2.45, 2.75) is 45.6 Å². The van der Waals surface area contributed by atoms with E-state index in [2.05, 4.69) is 30.6 Å². The first-order valence-corrected chi connectivity index (χ1v) is 5.40. The average Bonchev–Trinajstić information content (AvgIpc) is 2.29. The van der Waals surface area contributed by atoms with Gasteiger partial charge in [-0.25, -0.2) is 0 Å². The van der Waals surface area contributed by atoms with Crippen LogP contribution >= 0.6 is 0 Å². The third-order valence-electron chi connectivity index (χ3n) is 2.44.